The van der Waals surface area contributed by atoms with Crippen LogP contribution in [-0.2, 0) is 16.1 Å². The van der Waals surface area contributed by atoms with Crippen molar-refractivity contribution in [3.05, 3.63) is 101 Å². The summed E-state index contributed by atoms with van der Waals surface area (Å²) in [5.41, 5.74) is 3.09. The van der Waals surface area contributed by atoms with Crippen molar-refractivity contribution in [3.8, 4) is 11.5 Å². The van der Waals surface area contributed by atoms with Crippen molar-refractivity contribution in [2.45, 2.75) is 39.5 Å². The summed E-state index contributed by atoms with van der Waals surface area (Å²) >= 11 is 0. The number of methoxy groups -OCH3 is 1. The van der Waals surface area contributed by atoms with E-state index in [0.29, 0.717) is 22.6 Å². The molecule has 3 aromatic rings. The highest BCUT2D eigenvalue weighted by atomic mass is 16.5. The van der Waals surface area contributed by atoms with E-state index in [9.17, 15) is 14.7 Å². The summed E-state index contributed by atoms with van der Waals surface area (Å²) in [4.78, 5) is 28.0. The van der Waals surface area contributed by atoms with Gasteiger partial charge in [0.25, 0.3) is 11.7 Å². The number of aryl methyl sites for hydroxylation is 1. The minimum Gasteiger partial charge on any atom is -0.507 e. The lowest BCUT2D eigenvalue weighted by atomic mass is 9.94. The van der Waals surface area contributed by atoms with Crippen molar-refractivity contribution >= 4 is 17.4 Å². The number of aliphatic hydroxyl groups excluding tert-OH is 1. The number of benzene rings is 3. The number of amides is 1. The van der Waals surface area contributed by atoms with Crippen LogP contribution < -0.4 is 9.47 Å². The van der Waals surface area contributed by atoms with Crippen molar-refractivity contribution in [1.29, 1.82) is 0 Å². The fourth-order valence-corrected chi connectivity index (χ4v) is 4.21. The molecule has 4 rings (SSSR count). The van der Waals surface area contributed by atoms with Crippen molar-refractivity contribution in [3.63, 3.8) is 0 Å². The lowest BCUT2D eigenvalue weighted by Crippen LogP contribution is -2.29. The number of hydrogen-bond acceptors (Lipinski definition) is 5. The molecule has 35 heavy (non-hydrogen) atoms. The van der Waals surface area contributed by atoms with Crippen LogP contribution in [0.1, 0.15) is 42.1 Å². The number of hydrogen-bond donors (Lipinski definition) is 1. The Hall–Kier alpha value is -4.06. The molecule has 6 nitrogen and oxygen atoms in total. The number of nitrogens with zero attached hydrogens (tertiary/aromatic N) is 1. The van der Waals surface area contributed by atoms with E-state index in [2.05, 4.69) is 0 Å². The van der Waals surface area contributed by atoms with Crippen LogP contribution in [0.25, 0.3) is 5.76 Å². The molecule has 3 aromatic carbocycles. The van der Waals surface area contributed by atoms with E-state index in [4.69, 9.17) is 9.47 Å². The van der Waals surface area contributed by atoms with Gasteiger partial charge in [-0.25, -0.2) is 0 Å². The van der Waals surface area contributed by atoms with Gasteiger partial charge in [0, 0.05) is 12.1 Å². The van der Waals surface area contributed by atoms with E-state index in [1.165, 1.54) is 4.90 Å². The molecule has 1 N–H and O–H groups in total. The number of likely N-dealkylation sites (tertiary alicyclic amines) is 1. The Morgan fingerprint density at radius 2 is 1.66 bits per heavy atom. The topological polar surface area (TPSA) is 76.1 Å². The number of aliphatic hydroxyl groups is 1. The molecule has 0 aromatic heterocycles. The van der Waals surface area contributed by atoms with Crippen LogP contribution in [-0.4, -0.2) is 34.9 Å². The summed E-state index contributed by atoms with van der Waals surface area (Å²) in [6.07, 6.45) is -0.0385. The average molecular weight is 472 g/mol. The Kier molecular flexibility index (Phi) is 6.92. The zero-order valence-corrected chi connectivity index (χ0v) is 20.3. The number of ether oxygens (including phenoxy) is 2. The molecule has 0 spiro atoms. The molecule has 1 atom stereocenters. The molecular weight excluding hydrogens is 442 g/mol. The van der Waals surface area contributed by atoms with Gasteiger partial charge in [0.2, 0.25) is 0 Å². The van der Waals surface area contributed by atoms with E-state index >= 15 is 0 Å². The van der Waals surface area contributed by atoms with E-state index in [1.807, 2.05) is 81.4 Å². The smallest absolute Gasteiger partial charge is 0.295 e. The molecule has 1 heterocycles. The zero-order chi connectivity index (χ0) is 25.1. The highest BCUT2D eigenvalue weighted by Crippen LogP contribution is 2.41. The van der Waals surface area contributed by atoms with E-state index in [1.54, 1.807) is 19.2 Å². The molecule has 1 fully saturated rings. The predicted octanol–water partition coefficient (Wildman–Crippen LogP) is 5.41. The van der Waals surface area contributed by atoms with Gasteiger partial charge in [-0.15, -0.1) is 0 Å². The van der Waals surface area contributed by atoms with Crippen LogP contribution in [0.5, 0.6) is 11.5 Å². The summed E-state index contributed by atoms with van der Waals surface area (Å²) in [5, 5.41) is 11.2. The average Bonchev–Trinajstić information content (AvgIpc) is 3.09. The SMILES string of the molecule is COc1ccc(CN2C(=O)C(=O)/C(=C(\O)c3ccc(C)cc3)C2c2cccc(OC(C)C)c2)cc1. The maximum absolute atomic E-state index is 13.3. The molecule has 0 saturated carbocycles. The fraction of sp³-hybridized carbons (Fsp3) is 0.241. The van der Waals surface area contributed by atoms with Gasteiger partial charge in [-0.1, -0.05) is 54.1 Å². The second-order valence-electron chi connectivity index (χ2n) is 8.88. The second kappa shape index (κ2) is 10.1. The van der Waals surface area contributed by atoms with Crippen LogP contribution in [0.15, 0.2) is 78.4 Å². The summed E-state index contributed by atoms with van der Waals surface area (Å²) < 4.78 is 11.1. The first-order valence-electron chi connectivity index (χ1n) is 11.5. The van der Waals surface area contributed by atoms with Crippen molar-refractivity contribution < 1.29 is 24.2 Å². The molecule has 1 unspecified atom stereocenters. The van der Waals surface area contributed by atoms with Gasteiger partial charge in [0.15, 0.2) is 0 Å². The molecule has 1 aliphatic rings. The number of carbonyl (C=O) groups is 2. The second-order valence-corrected chi connectivity index (χ2v) is 8.88. The Bertz CT molecular complexity index is 1260. The van der Waals surface area contributed by atoms with Gasteiger partial charge in [0.05, 0.1) is 24.8 Å². The Balaban J connectivity index is 1.83. The number of rotatable bonds is 7. The molecule has 0 aliphatic carbocycles. The molecule has 6 heteroatoms. The Morgan fingerprint density at radius 1 is 0.971 bits per heavy atom. The minimum atomic E-state index is -0.769. The molecule has 1 amide bonds. The van der Waals surface area contributed by atoms with Gasteiger partial charge in [-0.05, 0) is 56.2 Å². The lowest BCUT2D eigenvalue weighted by molar-refractivity contribution is -0.140. The van der Waals surface area contributed by atoms with Gasteiger partial charge < -0.3 is 19.5 Å². The third-order valence-corrected chi connectivity index (χ3v) is 5.92. The van der Waals surface area contributed by atoms with E-state index in [-0.39, 0.29) is 24.0 Å². The summed E-state index contributed by atoms with van der Waals surface area (Å²) in [7, 11) is 1.59. The molecule has 0 radical (unpaired) electrons. The Labute approximate surface area is 205 Å². The van der Waals surface area contributed by atoms with Crippen LogP contribution in [0.2, 0.25) is 0 Å². The van der Waals surface area contributed by atoms with Crippen LogP contribution >= 0.6 is 0 Å². The third kappa shape index (κ3) is 5.06. The first-order chi connectivity index (χ1) is 16.8. The van der Waals surface area contributed by atoms with E-state index in [0.717, 1.165) is 11.1 Å². The molecule has 1 saturated heterocycles. The molecular formula is C29H29NO5. The maximum Gasteiger partial charge on any atom is 0.295 e. The first-order valence-corrected chi connectivity index (χ1v) is 11.5. The highest BCUT2D eigenvalue weighted by molar-refractivity contribution is 6.46. The lowest BCUT2D eigenvalue weighted by Gasteiger charge is -2.26. The van der Waals surface area contributed by atoms with Gasteiger partial charge in [-0.3, -0.25) is 9.59 Å². The number of carbonyl (C=O) groups excluding carboxylic acids is 2. The fourth-order valence-electron chi connectivity index (χ4n) is 4.21. The molecule has 1 aliphatic heterocycles. The highest BCUT2D eigenvalue weighted by Gasteiger charge is 2.46. The van der Waals surface area contributed by atoms with Gasteiger partial charge >= 0.3 is 0 Å². The normalized spacial score (nSPS) is 17.2. The zero-order valence-electron chi connectivity index (χ0n) is 20.3. The third-order valence-electron chi connectivity index (χ3n) is 5.92. The van der Waals surface area contributed by atoms with Crippen LogP contribution in [0, 0.1) is 6.92 Å². The van der Waals surface area contributed by atoms with Crippen LogP contribution in [0.3, 0.4) is 0 Å². The van der Waals surface area contributed by atoms with Crippen molar-refractivity contribution in [1.82, 2.24) is 4.90 Å². The molecule has 0 bridgehead atoms. The molecule has 180 valence electrons. The largest absolute Gasteiger partial charge is 0.507 e. The van der Waals surface area contributed by atoms with Crippen molar-refractivity contribution in [2.24, 2.45) is 0 Å². The Morgan fingerprint density at radius 3 is 2.29 bits per heavy atom. The van der Waals surface area contributed by atoms with Crippen LogP contribution in [0.4, 0.5) is 0 Å². The maximum atomic E-state index is 13.3. The quantitative estimate of drug-likeness (QED) is 0.283. The van der Waals surface area contributed by atoms with Crippen molar-refractivity contribution in [2.75, 3.05) is 7.11 Å². The summed E-state index contributed by atoms with van der Waals surface area (Å²) in [6.45, 7) is 6.00. The summed E-state index contributed by atoms with van der Waals surface area (Å²) in [6, 6.07) is 21.1. The standard InChI is InChI=1S/C29H29NO5/c1-18(2)35-24-7-5-6-22(16-24)26-25(27(31)21-12-8-19(3)9-13-21)28(32)29(33)30(26)17-20-10-14-23(34-4)15-11-20/h5-16,18,26,31H,17H2,1-4H3/b27-25-. The number of Topliss-reactive ketones (excluding diaryl/α,β-unsaturated/α-hetero) is 1. The summed E-state index contributed by atoms with van der Waals surface area (Å²) in [5.74, 6) is -0.236. The van der Waals surface area contributed by atoms with E-state index < -0.39 is 17.7 Å². The predicted molar refractivity (Wildman–Crippen MR) is 134 cm³/mol. The van der Waals surface area contributed by atoms with Gasteiger partial charge in [0.1, 0.15) is 17.3 Å². The number of ketones is 1. The first kappa shape index (κ1) is 24.1. The van der Waals surface area contributed by atoms with Gasteiger partial charge in [-0.2, -0.15) is 0 Å². The minimum absolute atomic E-state index is 0.0385. The monoisotopic (exact) mass is 471 g/mol.